The summed E-state index contributed by atoms with van der Waals surface area (Å²) in [5, 5.41) is 0. The van der Waals surface area contributed by atoms with Gasteiger partial charge in [-0.3, -0.25) is 19.4 Å². The lowest BCUT2D eigenvalue weighted by molar-refractivity contribution is -0.148. The van der Waals surface area contributed by atoms with Crippen molar-refractivity contribution in [2.24, 2.45) is 5.92 Å². The van der Waals surface area contributed by atoms with Gasteiger partial charge in [-0.05, 0) is 13.3 Å². The smallest absolute Gasteiger partial charge is 0.273 e. The quantitative estimate of drug-likeness (QED) is 0.605. The standard InChI is InChI=1S/C9H14N2O3/c1-4-6-7(12)10(3)9(14)11(5-2)8(6)13/h6H,4-5H2,1-3H3. The SMILES string of the molecule is CCC1C(=O)N(C)C(=O)N(CC)C1=O. The van der Waals surface area contributed by atoms with Crippen LogP contribution in [0.15, 0.2) is 0 Å². The Kier molecular flexibility index (Phi) is 2.88. The zero-order valence-corrected chi connectivity index (χ0v) is 8.61. The van der Waals surface area contributed by atoms with Crippen LogP contribution in [-0.4, -0.2) is 41.2 Å². The summed E-state index contributed by atoms with van der Waals surface area (Å²) in [6.07, 6.45) is 0.436. The molecule has 1 fully saturated rings. The number of carbonyl (C=O) groups is 3. The van der Waals surface area contributed by atoms with Crippen molar-refractivity contribution in [2.45, 2.75) is 20.3 Å². The van der Waals surface area contributed by atoms with Crippen molar-refractivity contribution in [1.29, 1.82) is 0 Å². The number of barbiturate groups is 1. The van der Waals surface area contributed by atoms with E-state index in [1.165, 1.54) is 7.05 Å². The number of amides is 4. The minimum Gasteiger partial charge on any atom is -0.273 e. The minimum atomic E-state index is -0.683. The number of nitrogens with zero attached hydrogens (tertiary/aromatic N) is 2. The van der Waals surface area contributed by atoms with Crippen LogP contribution in [0.1, 0.15) is 20.3 Å². The van der Waals surface area contributed by atoms with Gasteiger partial charge in [0.2, 0.25) is 11.8 Å². The van der Waals surface area contributed by atoms with E-state index in [1.54, 1.807) is 13.8 Å². The number of imide groups is 2. The first-order valence-electron chi connectivity index (χ1n) is 4.67. The maximum Gasteiger partial charge on any atom is 0.333 e. The summed E-state index contributed by atoms with van der Waals surface area (Å²) in [5.41, 5.74) is 0. The van der Waals surface area contributed by atoms with Gasteiger partial charge >= 0.3 is 6.03 Å². The number of rotatable bonds is 2. The molecule has 5 heteroatoms. The highest BCUT2D eigenvalue weighted by Gasteiger charge is 2.42. The predicted molar refractivity (Wildman–Crippen MR) is 49.3 cm³/mol. The fourth-order valence-corrected chi connectivity index (χ4v) is 1.54. The Balaban J connectivity index is 3.00. The van der Waals surface area contributed by atoms with E-state index < -0.39 is 17.9 Å². The molecule has 1 unspecified atom stereocenters. The molecule has 0 aromatic rings. The molecule has 5 nitrogen and oxygen atoms in total. The molecule has 0 bridgehead atoms. The molecule has 1 aliphatic rings. The Bertz CT molecular complexity index is 262. The van der Waals surface area contributed by atoms with Crippen LogP contribution in [0.4, 0.5) is 4.79 Å². The van der Waals surface area contributed by atoms with Crippen LogP contribution in [0, 0.1) is 5.92 Å². The maximum atomic E-state index is 11.6. The highest BCUT2D eigenvalue weighted by molar-refractivity contribution is 6.15. The zero-order chi connectivity index (χ0) is 10.9. The third-order valence-electron chi connectivity index (χ3n) is 2.44. The van der Waals surface area contributed by atoms with Gasteiger partial charge < -0.3 is 0 Å². The average Bonchev–Trinajstić information content (AvgIpc) is 2.16. The molecule has 0 N–H and O–H groups in total. The van der Waals surface area contributed by atoms with Gasteiger partial charge in [-0.1, -0.05) is 6.92 Å². The van der Waals surface area contributed by atoms with E-state index in [0.717, 1.165) is 9.80 Å². The van der Waals surface area contributed by atoms with Crippen LogP contribution < -0.4 is 0 Å². The summed E-state index contributed by atoms with van der Waals surface area (Å²) in [4.78, 5) is 36.7. The van der Waals surface area contributed by atoms with E-state index in [9.17, 15) is 14.4 Å². The molecule has 1 atom stereocenters. The van der Waals surface area contributed by atoms with Crippen molar-refractivity contribution >= 4 is 17.8 Å². The van der Waals surface area contributed by atoms with Gasteiger partial charge in [0.15, 0.2) is 0 Å². The van der Waals surface area contributed by atoms with Crippen molar-refractivity contribution in [2.75, 3.05) is 13.6 Å². The number of hydrogen-bond acceptors (Lipinski definition) is 3. The fourth-order valence-electron chi connectivity index (χ4n) is 1.54. The summed E-state index contributed by atoms with van der Waals surface area (Å²) < 4.78 is 0. The lowest BCUT2D eigenvalue weighted by Crippen LogP contribution is -2.58. The largest absolute Gasteiger partial charge is 0.333 e. The van der Waals surface area contributed by atoms with E-state index in [2.05, 4.69) is 0 Å². The second kappa shape index (κ2) is 3.77. The van der Waals surface area contributed by atoms with Crippen LogP contribution in [0.25, 0.3) is 0 Å². The molecule has 14 heavy (non-hydrogen) atoms. The molecular formula is C9H14N2O3. The van der Waals surface area contributed by atoms with Crippen LogP contribution >= 0.6 is 0 Å². The molecular weight excluding hydrogens is 184 g/mol. The van der Waals surface area contributed by atoms with Gasteiger partial charge in [-0.2, -0.15) is 0 Å². The van der Waals surface area contributed by atoms with Crippen molar-refractivity contribution in [1.82, 2.24) is 9.80 Å². The second-order valence-corrected chi connectivity index (χ2v) is 3.22. The molecule has 4 amide bonds. The van der Waals surface area contributed by atoms with Gasteiger partial charge in [0.25, 0.3) is 0 Å². The monoisotopic (exact) mass is 198 g/mol. The minimum absolute atomic E-state index is 0.311. The molecule has 0 spiro atoms. The first kappa shape index (κ1) is 10.7. The topological polar surface area (TPSA) is 57.7 Å². The third-order valence-corrected chi connectivity index (χ3v) is 2.44. The molecule has 78 valence electrons. The predicted octanol–water partition coefficient (Wildman–Crippen LogP) is 0.453. The summed E-state index contributed by atoms with van der Waals surface area (Å²) >= 11 is 0. The Hall–Kier alpha value is -1.39. The molecule has 1 saturated heterocycles. The fraction of sp³-hybridized carbons (Fsp3) is 0.667. The van der Waals surface area contributed by atoms with Gasteiger partial charge in [0.05, 0.1) is 0 Å². The van der Waals surface area contributed by atoms with Crippen LogP contribution in [0.3, 0.4) is 0 Å². The molecule has 0 radical (unpaired) electrons. The number of hydrogen-bond donors (Lipinski definition) is 0. The number of urea groups is 1. The summed E-state index contributed by atoms with van der Waals surface area (Å²) in [5.74, 6) is -1.45. The van der Waals surface area contributed by atoms with E-state index >= 15 is 0 Å². The van der Waals surface area contributed by atoms with Gasteiger partial charge in [0.1, 0.15) is 5.92 Å². The van der Waals surface area contributed by atoms with Crippen molar-refractivity contribution in [3.63, 3.8) is 0 Å². The zero-order valence-electron chi connectivity index (χ0n) is 8.61. The second-order valence-electron chi connectivity index (χ2n) is 3.22. The Morgan fingerprint density at radius 2 is 1.71 bits per heavy atom. The highest BCUT2D eigenvalue weighted by Crippen LogP contribution is 2.18. The molecule has 1 rings (SSSR count). The molecule has 0 aromatic carbocycles. The normalized spacial score (nSPS) is 23.4. The van der Waals surface area contributed by atoms with Gasteiger partial charge in [-0.15, -0.1) is 0 Å². The maximum absolute atomic E-state index is 11.6. The highest BCUT2D eigenvalue weighted by atomic mass is 16.2. The first-order chi connectivity index (χ1) is 6.54. The van der Waals surface area contributed by atoms with Crippen LogP contribution in [-0.2, 0) is 9.59 Å². The molecule has 1 aliphatic heterocycles. The molecule has 0 aromatic heterocycles. The Labute approximate surface area is 82.7 Å². The van der Waals surface area contributed by atoms with Crippen LogP contribution in [0.2, 0.25) is 0 Å². The Morgan fingerprint density at radius 3 is 2.14 bits per heavy atom. The van der Waals surface area contributed by atoms with Crippen molar-refractivity contribution < 1.29 is 14.4 Å². The summed E-state index contributed by atoms with van der Waals surface area (Å²) in [6, 6.07) is -0.521. The average molecular weight is 198 g/mol. The van der Waals surface area contributed by atoms with Gasteiger partial charge in [0, 0.05) is 13.6 Å². The Morgan fingerprint density at radius 1 is 1.14 bits per heavy atom. The van der Waals surface area contributed by atoms with Crippen molar-refractivity contribution in [3.8, 4) is 0 Å². The lowest BCUT2D eigenvalue weighted by Gasteiger charge is -2.33. The summed E-state index contributed by atoms with van der Waals surface area (Å²) in [6.45, 7) is 3.79. The van der Waals surface area contributed by atoms with Crippen LogP contribution in [0.5, 0.6) is 0 Å². The molecule has 1 heterocycles. The first-order valence-corrected chi connectivity index (χ1v) is 4.67. The summed E-state index contributed by atoms with van der Waals surface area (Å²) in [7, 11) is 1.41. The number of carbonyl (C=O) groups excluding carboxylic acids is 3. The van der Waals surface area contributed by atoms with E-state index in [-0.39, 0.29) is 5.91 Å². The lowest BCUT2D eigenvalue weighted by atomic mass is 10.0. The molecule has 0 saturated carbocycles. The van der Waals surface area contributed by atoms with Gasteiger partial charge in [-0.25, -0.2) is 4.79 Å². The van der Waals surface area contributed by atoms with E-state index in [0.29, 0.717) is 13.0 Å². The van der Waals surface area contributed by atoms with Crippen molar-refractivity contribution in [3.05, 3.63) is 0 Å². The molecule has 0 aliphatic carbocycles. The van der Waals surface area contributed by atoms with E-state index in [1.807, 2.05) is 0 Å². The van der Waals surface area contributed by atoms with E-state index in [4.69, 9.17) is 0 Å². The third kappa shape index (κ3) is 1.38.